The molecule has 3 aromatic rings. The summed E-state index contributed by atoms with van der Waals surface area (Å²) in [4.78, 5) is 21.2. The van der Waals surface area contributed by atoms with Crippen molar-refractivity contribution in [3.05, 3.63) is 75.7 Å². The molecule has 1 heterocycles. The van der Waals surface area contributed by atoms with E-state index in [0.717, 1.165) is 5.69 Å². The molecule has 2 aromatic carbocycles. The Labute approximate surface area is 166 Å². The highest BCUT2D eigenvalue weighted by molar-refractivity contribution is 6.30. The van der Waals surface area contributed by atoms with Crippen molar-refractivity contribution in [2.45, 2.75) is 6.61 Å². The lowest BCUT2D eigenvalue weighted by Gasteiger charge is -2.07. The Morgan fingerprint density at radius 2 is 1.82 bits per heavy atom. The molecule has 0 saturated heterocycles. The number of nitrogens with two attached hydrogens (primary N) is 1. The summed E-state index contributed by atoms with van der Waals surface area (Å²) in [5.74, 6) is 1.76. The first-order valence-electron chi connectivity index (χ1n) is 8.31. The van der Waals surface area contributed by atoms with E-state index in [9.17, 15) is 4.79 Å². The van der Waals surface area contributed by atoms with E-state index in [2.05, 4.69) is 20.3 Å². The second kappa shape index (κ2) is 9.03. The number of hydrogen-bond donors (Lipinski definition) is 4. The molecule has 9 heteroatoms. The third-order valence-electron chi connectivity index (χ3n) is 3.52. The zero-order valence-electron chi connectivity index (χ0n) is 15.0. The van der Waals surface area contributed by atoms with Gasteiger partial charge in [0.1, 0.15) is 17.2 Å². The molecule has 8 nitrogen and oxygen atoms in total. The first kappa shape index (κ1) is 19.4. The summed E-state index contributed by atoms with van der Waals surface area (Å²) >= 11 is 5.86. The average molecular weight is 401 g/mol. The van der Waals surface area contributed by atoms with Gasteiger partial charge in [0.15, 0.2) is 0 Å². The topological polar surface area (TPSA) is 116 Å². The molecule has 0 saturated carbocycles. The van der Waals surface area contributed by atoms with Gasteiger partial charge in [0.25, 0.3) is 11.5 Å². The molecule has 3 rings (SSSR count). The number of ether oxygens (including phenoxy) is 2. The van der Waals surface area contributed by atoms with Crippen LogP contribution in [-0.4, -0.2) is 23.0 Å². The van der Waals surface area contributed by atoms with Gasteiger partial charge in [0.2, 0.25) is 0 Å². The second-order valence-corrected chi connectivity index (χ2v) is 6.20. The van der Waals surface area contributed by atoms with Crippen LogP contribution in [0.1, 0.15) is 5.69 Å². The number of nitrogens with zero attached hydrogens (tertiary/aromatic N) is 1. The van der Waals surface area contributed by atoms with Crippen molar-refractivity contribution in [1.29, 1.82) is 0 Å². The van der Waals surface area contributed by atoms with E-state index < -0.39 is 0 Å². The second-order valence-electron chi connectivity index (χ2n) is 5.76. The third kappa shape index (κ3) is 5.57. The summed E-state index contributed by atoms with van der Waals surface area (Å²) in [5.41, 5.74) is 6.86. The van der Waals surface area contributed by atoms with E-state index in [-0.39, 0.29) is 24.1 Å². The highest BCUT2D eigenvalue weighted by Gasteiger charge is 2.07. The van der Waals surface area contributed by atoms with Crippen LogP contribution in [0, 0.1) is 0 Å². The molecule has 0 radical (unpaired) electrons. The predicted octanol–water partition coefficient (Wildman–Crippen LogP) is 1.50. The van der Waals surface area contributed by atoms with Crippen LogP contribution in [0.25, 0.3) is 0 Å². The molecule has 0 unspecified atom stereocenters. The number of rotatable bonds is 6. The molecular formula is C19H19ClN5O3+. The third-order valence-corrected chi connectivity index (χ3v) is 3.77. The first-order chi connectivity index (χ1) is 13.5. The molecule has 1 aromatic heterocycles. The lowest BCUT2D eigenvalue weighted by atomic mass is 10.3. The maximum absolute atomic E-state index is 11.6. The van der Waals surface area contributed by atoms with Crippen LogP contribution in [0.4, 0.5) is 11.6 Å². The number of methoxy groups -OCH3 is 1. The van der Waals surface area contributed by atoms with Gasteiger partial charge in [-0.15, -0.1) is 4.98 Å². The highest BCUT2D eigenvalue weighted by atomic mass is 35.5. The van der Waals surface area contributed by atoms with Crippen molar-refractivity contribution in [3.8, 4) is 11.5 Å². The Morgan fingerprint density at radius 1 is 1.18 bits per heavy atom. The number of aromatic nitrogens is 2. The molecule has 0 aliphatic carbocycles. The standard InChI is InChI=1S/C19H18ClN5O3/c1-27-11-14-10-17(26)24-19(23-14)25-18(21)22-13-4-8-16(9-5-13)28-15-6-2-12(20)3-7-15/h2-10H,11H2,1H3,(H4,21,22,23,24,25,26)/p+1. The molecule has 0 aliphatic rings. The van der Waals surface area contributed by atoms with E-state index >= 15 is 0 Å². The van der Waals surface area contributed by atoms with Crippen LogP contribution >= 0.6 is 11.6 Å². The van der Waals surface area contributed by atoms with Crippen LogP contribution in [0.2, 0.25) is 5.02 Å². The van der Waals surface area contributed by atoms with Gasteiger partial charge in [-0.3, -0.25) is 10.1 Å². The largest absolute Gasteiger partial charge is 0.457 e. The summed E-state index contributed by atoms with van der Waals surface area (Å²) in [6.07, 6.45) is 0. The molecule has 28 heavy (non-hydrogen) atoms. The Kier molecular flexibility index (Phi) is 6.25. The molecule has 0 aliphatic heterocycles. The predicted molar refractivity (Wildman–Crippen MR) is 107 cm³/mol. The molecule has 0 spiro atoms. The number of H-pyrrole nitrogens is 1. The Balaban J connectivity index is 1.67. The number of aromatic amines is 1. The molecule has 0 fully saturated rings. The Hall–Kier alpha value is -3.36. The van der Waals surface area contributed by atoms with Gasteiger partial charge < -0.3 is 15.2 Å². The fraction of sp³-hybridized carbons (Fsp3) is 0.105. The van der Waals surface area contributed by atoms with Crippen molar-refractivity contribution < 1.29 is 14.5 Å². The van der Waals surface area contributed by atoms with Gasteiger partial charge in [0.05, 0.1) is 12.3 Å². The molecule has 0 atom stereocenters. The summed E-state index contributed by atoms with van der Waals surface area (Å²) in [7, 11) is 1.53. The van der Waals surface area contributed by atoms with Crippen molar-refractivity contribution in [2.24, 2.45) is 5.73 Å². The maximum atomic E-state index is 11.6. The minimum absolute atomic E-state index is 0.198. The van der Waals surface area contributed by atoms with Crippen LogP contribution in [0.3, 0.4) is 0 Å². The minimum atomic E-state index is -0.305. The minimum Gasteiger partial charge on any atom is -0.457 e. The van der Waals surface area contributed by atoms with Crippen molar-refractivity contribution in [3.63, 3.8) is 0 Å². The molecular weight excluding hydrogens is 382 g/mol. The maximum Gasteiger partial charge on any atom is 0.325 e. The SMILES string of the molecule is COCc1cc(=O)[nH]c([NH+]=C(N)Nc2ccc(Oc3ccc(Cl)cc3)cc2)n1. The van der Waals surface area contributed by atoms with Crippen molar-refractivity contribution in [1.82, 2.24) is 9.97 Å². The number of benzene rings is 2. The Bertz CT molecular complexity index is 1020. The van der Waals surface area contributed by atoms with E-state index in [1.54, 1.807) is 48.5 Å². The number of guanidine groups is 1. The van der Waals surface area contributed by atoms with Crippen molar-refractivity contribution in [2.75, 3.05) is 12.4 Å². The highest BCUT2D eigenvalue weighted by Crippen LogP contribution is 2.24. The van der Waals surface area contributed by atoms with E-state index in [1.807, 2.05) is 0 Å². The van der Waals surface area contributed by atoms with E-state index in [4.69, 9.17) is 26.8 Å². The summed E-state index contributed by atoms with van der Waals surface area (Å²) < 4.78 is 10.7. The normalized spacial score (nSPS) is 11.3. The van der Waals surface area contributed by atoms with Gasteiger partial charge in [-0.2, -0.15) is 0 Å². The Morgan fingerprint density at radius 3 is 2.46 bits per heavy atom. The zero-order valence-corrected chi connectivity index (χ0v) is 15.8. The number of halogens is 1. The fourth-order valence-electron chi connectivity index (χ4n) is 2.35. The van der Waals surface area contributed by atoms with Gasteiger partial charge in [-0.1, -0.05) is 11.6 Å². The molecule has 0 bridgehead atoms. The van der Waals surface area contributed by atoms with Gasteiger partial charge >= 0.3 is 5.95 Å². The zero-order chi connectivity index (χ0) is 19.9. The van der Waals surface area contributed by atoms with Crippen molar-refractivity contribution >= 4 is 29.2 Å². The average Bonchev–Trinajstić information content (AvgIpc) is 2.65. The van der Waals surface area contributed by atoms with Gasteiger partial charge in [0, 0.05) is 18.2 Å². The number of hydrogen-bond acceptors (Lipinski definition) is 4. The summed E-state index contributed by atoms with van der Waals surface area (Å²) in [6.45, 7) is 0.223. The molecule has 0 amide bonds. The van der Waals surface area contributed by atoms with Crippen LogP contribution in [0.15, 0.2) is 59.4 Å². The monoisotopic (exact) mass is 400 g/mol. The van der Waals surface area contributed by atoms with E-state index in [0.29, 0.717) is 22.2 Å². The van der Waals surface area contributed by atoms with E-state index in [1.165, 1.54) is 13.2 Å². The number of anilines is 1. The van der Waals surface area contributed by atoms with Crippen LogP contribution in [0.5, 0.6) is 11.5 Å². The van der Waals surface area contributed by atoms with Gasteiger partial charge in [-0.05, 0) is 48.5 Å². The lowest BCUT2D eigenvalue weighted by molar-refractivity contribution is -0.365. The fourth-order valence-corrected chi connectivity index (χ4v) is 2.47. The number of nitrogens with one attached hydrogen (secondary N) is 3. The van der Waals surface area contributed by atoms with Crippen LogP contribution < -0.4 is 26.3 Å². The lowest BCUT2D eigenvalue weighted by Crippen LogP contribution is -2.73. The molecule has 5 N–H and O–H groups in total. The van der Waals surface area contributed by atoms with Crippen LogP contribution in [-0.2, 0) is 11.3 Å². The first-order valence-corrected chi connectivity index (χ1v) is 8.69. The van der Waals surface area contributed by atoms with Gasteiger partial charge in [-0.25, -0.2) is 9.98 Å². The summed E-state index contributed by atoms with van der Waals surface area (Å²) in [5, 5.41) is 3.62. The summed E-state index contributed by atoms with van der Waals surface area (Å²) in [6, 6.07) is 15.6. The smallest absolute Gasteiger partial charge is 0.325 e. The quantitative estimate of drug-likeness (QED) is 0.368. The molecule has 144 valence electrons.